The molecule has 2 aromatic rings. The number of nitrogens with zero attached hydrogens (tertiary/aromatic N) is 1. The van der Waals surface area contributed by atoms with E-state index in [9.17, 15) is 9.59 Å². The molecule has 0 aliphatic carbocycles. The topological polar surface area (TPSA) is 74.4 Å². The number of H-pyrrole nitrogens is 1. The summed E-state index contributed by atoms with van der Waals surface area (Å²) in [7, 11) is 0. The molecule has 1 aliphatic rings. The van der Waals surface area contributed by atoms with Gasteiger partial charge in [0.05, 0.1) is 0 Å². The van der Waals surface area contributed by atoms with Gasteiger partial charge in [0, 0.05) is 54.9 Å². The molecule has 1 aromatic carbocycles. The van der Waals surface area contributed by atoms with E-state index in [1.165, 1.54) is 0 Å². The summed E-state index contributed by atoms with van der Waals surface area (Å²) in [5, 5.41) is 2.94. The summed E-state index contributed by atoms with van der Waals surface area (Å²) in [4.78, 5) is 30.5. The number of aromatic nitrogens is 1. The average molecular weight is 424 g/mol. The summed E-state index contributed by atoms with van der Waals surface area (Å²) in [5.41, 5.74) is 5.77. The minimum atomic E-state index is -0.174. The number of pyridine rings is 1. The fraction of sp³-hybridized carbons (Fsp3) is 0.440. The smallest absolute Gasteiger partial charge is 0.253 e. The maximum Gasteiger partial charge on any atom is 0.253 e. The minimum Gasteiger partial charge on any atom is -0.381 e. The monoisotopic (exact) mass is 423 g/mol. The number of nitrogens with one attached hydrogen (secondary N) is 2. The number of amides is 1. The SMILES string of the molecule is C=CCN(c1cc(C)cc(C(=O)NCc2c(C)cc(C)[nH]c2=O)c1C)C1CCOCC1. The van der Waals surface area contributed by atoms with Crippen LogP contribution in [0.5, 0.6) is 0 Å². The Hall–Kier alpha value is -2.86. The molecule has 2 heterocycles. The molecule has 1 amide bonds. The average Bonchev–Trinajstić information content (AvgIpc) is 2.73. The van der Waals surface area contributed by atoms with Gasteiger partial charge in [-0.25, -0.2) is 0 Å². The first-order chi connectivity index (χ1) is 14.8. The van der Waals surface area contributed by atoms with Crippen LogP contribution in [0.15, 0.2) is 35.6 Å². The maximum atomic E-state index is 13.1. The molecule has 0 saturated carbocycles. The second kappa shape index (κ2) is 9.96. The van der Waals surface area contributed by atoms with E-state index >= 15 is 0 Å². The number of hydrogen-bond acceptors (Lipinski definition) is 4. The van der Waals surface area contributed by atoms with Crippen molar-refractivity contribution in [1.29, 1.82) is 0 Å². The van der Waals surface area contributed by atoms with Crippen molar-refractivity contribution < 1.29 is 9.53 Å². The molecule has 0 unspecified atom stereocenters. The lowest BCUT2D eigenvalue weighted by molar-refractivity contribution is 0.0848. The van der Waals surface area contributed by atoms with Crippen LogP contribution in [0.1, 0.15) is 51.1 Å². The summed E-state index contributed by atoms with van der Waals surface area (Å²) >= 11 is 0. The van der Waals surface area contributed by atoms with Crippen molar-refractivity contribution in [2.75, 3.05) is 24.7 Å². The van der Waals surface area contributed by atoms with Gasteiger partial charge in [-0.3, -0.25) is 9.59 Å². The summed E-state index contributed by atoms with van der Waals surface area (Å²) in [5.74, 6) is -0.174. The van der Waals surface area contributed by atoms with Gasteiger partial charge in [-0.05, 0) is 75.4 Å². The van der Waals surface area contributed by atoms with Gasteiger partial charge >= 0.3 is 0 Å². The Morgan fingerprint density at radius 1 is 1.23 bits per heavy atom. The van der Waals surface area contributed by atoms with Gasteiger partial charge in [-0.2, -0.15) is 0 Å². The van der Waals surface area contributed by atoms with Crippen molar-refractivity contribution in [3.63, 3.8) is 0 Å². The van der Waals surface area contributed by atoms with Crippen LogP contribution in [0.3, 0.4) is 0 Å². The minimum absolute atomic E-state index is 0.156. The summed E-state index contributed by atoms with van der Waals surface area (Å²) in [6.45, 7) is 14.1. The fourth-order valence-corrected chi connectivity index (χ4v) is 4.32. The molecule has 1 aromatic heterocycles. The molecule has 31 heavy (non-hydrogen) atoms. The Morgan fingerprint density at radius 3 is 2.58 bits per heavy atom. The number of benzene rings is 1. The van der Waals surface area contributed by atoms with Crippen LogP contribution < -0.4 is 15.8 Å². The predicted octanol–water partition coefficient (Wildman–Crippen LogP) is 3.71. The summed E-state index contributed by atoms with van der Waals surface area (Å²) in [6, 6.07) is 6.33. The van der Waals surface area contributed by atoms with Crippen molar-refractivity contribution in [2.45, 2.75) is 53.1 Å². The molecule has 1 fully saturated rings. The van der Waals surface area contributed by atoms with E-state index in [4.69, 9.17) is 4.74 Å². The van der Waals surface area contributed by atoms with E-state index in [1.54, 1.807) is 0 Å². The van der Waals surface area contributed by atoms with Crippen molar-refractivity contribution in [3.05, 3.63) is 74.7 Å². The lowest BCUT2D eigenvalue weighted by Gasteiger charge is -2.37. The zero-order chi connectivity index (χ0) is 22.5. The first-order valence-corrected chi connectivity index (χ1v) is 10.9. The van der Waals surface area contributed by atoms with Gasteiger partial charge in [0.15, 0.2) is 0 Å². The van der Waals surface area contributed by atoms with Gasteiger partial charge in [0.2, 0.25) is 0 Å². The summed E-state index contributed by atoms with van der Waals surface area (Å²) in [6.07, 6.45) is 3.82. The molecular formula is C25H33N3O3. The highest BCUT2D eigenvalue weighted by atomic mass is 16.5. The fourth-order valence-electron chi connectivity index (χ4n) is 4.32. The van der Waals surface area contributed by atoms with Crippen LogP contribution in [0.25, 0.3) is 0 Å². The molecule has 2 N–H and O–H groups in total. The van der Waals surface area contributed by atoms with Crippen LogP contribution in [0.4, 0.5) is 5.69 Å². The van der Waals surface area contributed by atoms with E-state index < -0.39 is 0 Å². The second-order valence-corrected chi connectivity index (χ2v) is 8.37. The number of rotatable bonds is 7. The lowest BCUT2D eigenvalue weighted by atomic mass is 9.98. The van der Waals surface area contributed by atoms with E-state index in [2.05, 4.69) is 27.8 Å². The lowest BCUT2D eigenvalue weighted by Crippen LogP contribution is -2.40. The van der Waals surface area contributed by atoms with Crippen molar-refractivity contribution >= 4 is 11.6 Å². The second-order valence-electron chi connectivity index (χ2n) is 8.37. The van der Waals surface area contributed by atoms with Gasteiger partial charge in [-0.1, -0.05) is 6.08 Å². The third kappa shape index (κ3) is 5.25. The van der Waals surface area contributed by atoms with Gasteiger partial charge in [0.25, 0.3) is 11.5 Å². The molecule has 0 bridgehead atoms. The number of ether oxygens (including phenoxy) is 1. The van der Waals surface area contributed by atoms with Crippen LogP contribution in [-0.2, 0) is 11.3 Å². The number of carbonyl (C=O) groups excluding carboxylic acids is 1. The Bertz CT molecular complexity index is 1020. The van der Waals surface area contributed by atoms with Crippen LogP contribution >= 0.6 is 0 Å². The van der Waals surface area contributed by atoms with Crippen LogP contribution in [-0.4, -0.2) is 36.7 Å². The van der Waals surface area contributed by atoms with Gasteiger partial charge < -0.3 is 19.9 Å². The number of aromatic amines is 1. The highest BCUT2D eigenvalue weighted by Crippen LogP contribution is 2.30. The highest BCUT2D eigenvalue weighted by molar-refractivity contribution is 5.97. The molecule has 0 spiro atoms. The first-order valence-electron chi connectivity index (χ1n) is 10.9. The Balaban J connectivity index is 1.88. The third-order valence-electron chi connectivity index (χ3n) is 5.96. The zero-order valence-electron chi connectivity index (χ0n) is 19.0. The number of anilines is 1. The van der Waals surface area contributed by atoms with E-state index in [0.717, 1.165) is 54.1 Å². The maximum absolute atomic E-state index is 13.1. The molecule has 0 atom stereocenters. The standard InChI is InChI=1S/C25H33N3O3/c1-6-9-28(20-7-10-31-11-8-20)23-13-16(2)12-21(19(23)5)24(29)26-15-22-17(3)14-18(4)27-25(22)30/h6,12-14,20H,1,7-11,15H2,2-5H3,(H,26,29)(H,27,30). The normalized spacial score (nSPS) is 14.3. The molecule has 0 radical (unpaired) electrons. The van der Waals surface area contributed by atoms with Crippen molar-refractivity contribution in [3.8, 4) is 0 Å². The van der Waals surface area contributed by atoms with Crippen molar-refractivity contribution in [2.24, 2.45) is 0 Å². The number of carbonyl (C=O) groups is 1. The first kappa shape index (κ1) is 22.8. The molecule has 166 valence electrons. The van der Waals surface area contributed by atoms with Crippen LogP contribution in [0, 0.1) is 27.7 Å². The zero-order valence-corrected chi connectivity index (χ0v) is 19.0. The van der Waals surface area contributed by atoms with E-state index in [0.29, 0.717) is 23.7 Å². The van der Waals surface area contributed by atoms with Crippen LogP contribution in [0.2, 0.25) is 0 Å². The Morgan fingerprint density at radius 2 is 1.94 bits per heavy atom. The molecule has 6 nitrogen and oxygen atoms in total. The predicted molar refractivity (Wildman–Crippen MR) is 125 cm³/mol. The van der Waals surface area contributed by atoms with E-state index in [-0.39, 0.29) is 18.0 Å². The van der Waals surface area contributed by atoms with Gasteiger partial charge in [-0.15, -0.1) is 6.58 Å². The largest absolute Gasteiger partial charge is 0.381 e. The van der Waals surface area contributed by atoms with Crippen molar-refractivity contribution in [1.82, 2.24) is 10.3 Å². The molecular weight excluding hydrogens is 390 g/mol. The van der Waals surface area contributed by atoms with Gasteiger partial charge in [0.1, 0.15) is 0 Å². The molecule has 3 rings (SSSR count). The third-order valence-corrected chi connectivity index (χ3v) is 5.96. The molecule has 1 aliphatic heterocycles. The molecule has 6 heteroatoms. The Labute approximate surface area is 184 Å². The highest BCUT2D eigenvalue weighted by Gasteiger charge is 2.24. The molecule has 1 saturated heterocycles. The Kier molecular flexibility index (Phi) is 7.33. The van der Waals surface area contributed by atoms with E-state index in [1.807, 2.05) is 45.9 Å². The quantitative estimate of drug-likeness (QED) is 0.666. The summed E-state index contributed by atoms with van der Waals surface area (Å²) < 4.78 is 5.54. The number of aryl methyl sites for hydroxylation is 3. The number of hydrogen-bond donors (Lipinski definition) is 2.